The minimum absolute atomic E-state index is 0.00400. The average Bonchev–Trinajstić information content (AvgIpc) is 2.47. The van der Waals surface area contributed by atoms with E-state index < -0.39 is 17.8 Å². The van der Waals surface area contributed by atoms with Gasteiger partial charge in [0, 0.05) is 0 Å². The van der Waals surface area contributed by atoms with Gasteiger partial charge in [-0.25, -0.2) is 4.39 Å². The molecule has 1 unspecified atom stereocenters. The van der Waals surface area contributed by atoms with E-state index in [4.69, 9.17) is 21.1 Å². The van der Waals surface area contributed by atoms with Gasteiger partial charge in [0.05, 0.1) is 24.5 Å². The summed E-state index contributed by atoms with van der Waals surface area (Å²) >= 11 is 5.74. The molecule has 0 radical (unpaired) electrons. The van der Waals surface area contributed by atoms with Crippen molar-refractivity contribution in [3.8, 4) is 5.75 Å². The van der Waals surface area contributed by atoms with Crippen molar-refractivity contribution >= 4 is 23.5 Å². The van der Waals surface area contributed by atoms with Crippen LogP contribution in [-0.4, -0.2) is 18.5 Å². The van der Waals surface area contributed by atoms with E-state index in [9.17, 15) is 14.0 Å². The highest BCUT2D eigenvalue weighted by Gasteiger charge is 2.15. The molecule has 0 fully saturated rings. The highest BCUT2D eigenvalue weighted by atomic mass is 35.5. The van der Waals surface area contributed by atoms with Gasteiger partial charge >= 0.3 is 11.9 Å². The maximum Gasteiger partial charge on any atom is 0.311 e. The van der Waals surface area contributed by atoms with Crippen molar-refractivity contribution in [2.24, 2.45) is 5.92 Å². The van der Waals surface area contributed by atoms with Gasteiger partial charge in [-0.1, -0.05) is 37.9 Å². The summed E-state index contributed by atoms with van der Waals surface area (Å²) in [6.45, 7) is 4.38. The number of hydrogen-bond donors (Lipinski definition) is 0. The lowest BCUT2D eigenvalue weighted by Crippen LogP contribution is -2.15. The molecule has 0 heterocycles. The molecule has 0 aliphatic carbocycles. The van der Waals surface area contributed by atoms with E-state index in [1.54, 1.807) is 0 Å². The standard InChI is InChI=1S/C16H20ClFO4/c1-3-5-11(2)10-21-14(19)8-9-15(20)22-16-12(17)6-4-7-13(16)18/h4,6-7,11H,3,5,8-10H2,1-2H3. The topological polar surface area (TPSA) is 52.6 Å². The summed E-state index contributed by atoms with van der Waals surface area (Å²) in [6.07, 6.45) is 1.70. The van der Waals surface area contributed by atoms with Gasteiger partial charge < -0.3 is 9.47 Å². The summed E-state index contributed by atoms with van der Waals surface area (Å²) in [5, 5.41) is 0.00400. The molecular weight excluding hydrogens is 311 g/mol. The first-order valence-corrected chi connectivity index (χ1v) is 7.62. The molecule has 1 aromatic rings. The van der Waals surface area contributed by atoms with Gasteiger partial charge in [-0.3, -0.25) is 9.59 Å². The molecule has 1 rings (SSSR count). The molecule has 1 atom stereocenters. The highest BCUT2D eigenvalue weighted by molar-refractivity contribution is 6.32. The predicted molar refractivity (Wildman–Crippen MR) is 81.3 cm³/mol. The van der Waals surface area contributed by atoms with E-state index in [1.807, 2.05) is 6.92 Å². The monoisotopic (exact) mass is 330 g/mol. The minimum Gasteiger partial charge on any atom is -0.465 e. The fourth-order valence-corrected chi connectivity index (χ4v) is 2.03. The van der Waals surface area contributed by atoms with Gasteiger partial charge in [-0.2, -0.15) is 0 Å². The molecule has 122 valence electrons. The van der Waals surface area contributed by atoms with E-state index in [-0.39, 0.29) is 29.5 Å². The molecule has 0 saturated heterocycles. The summed E-state index contributed by atoms with van der Waals surface area (Å²) in [6, 6.07) is 3.96. The second-order valence-electron chi connectivity index (χ2n) is 5.10. The lowest BCUT2D eigenvalue weighted by atomic mass is 10.1. The number of para-hydroxylation sites is 1. The Morgan fingerprint density at radius 1 is 1.27 bits per heavy atom. The number of esters is 2. The fourth-order valence-electron chi connectivity index (χ4n) is 1.83. The van der Waals surface area contributed by atoms with Gasteiger partial charge in [0.1, 0.15) is 0 Å². The number of carbonyl (C=O) groups excluding carboxylic acids is 2. The van der Waals surface area contributed by atoms with Crippen LogP contribution in [-0.2, 0) is 14.3 Å². The summed E-state index contributed by atoms with van der Waals surface area (Å²) in [4.78, 5) is 23.1. The number of halogens is 2. The van der Waals surface area contributed by atoms with Gasteiger partial charge in [-0.15, -0.1) is 0 Å². The average molecular weight is 331 g/mol. The Bertz CT molecular complexity index is 499. The molecule has 6 heteroatoms. The van der Waals surface area contributed by atoms with Crippen LogP contribution in [0.25, 0.3) is 0 Å². The third-order valence-corrected chi connectivity index (χ3v) is 3.28. The molecule has 0 bridgehead atoms. The fraction of sp³-hybridized carbons (Fsp3) is 0.500. The number of carbonyl (C=O) groups is 2. The Balaban J connectivity index is 2.35. The molecule has 0 spiro atoms. The van der Waals surface area contributed by atoms with Crippen molar-refractivity contribution in [2.45, 2.75) is 39.5 Å². The zero-order chi connectivity index (χ0) is 16.5. The third kappa shape index (κ3) is 6.43. The van der Waals surface area contributed by atoms with Gasteiger partial charge in [0.15, 0.2) is 11.6 Å². The van der Waals surface area contributed by atoms with E-state index in [0.29, 0.717) is 6.61 Å². The smallest absolute Gasteiger partial charge is 0.311 e. The van der Waals surface area contributed by atoms with Crippen LogP contribution in [0.15, 0.2) is 18.2 Å². The van der Waals surface area contributed by atoms with Crippen LogP contribution in [0.2, 0.25) is 5.02 Å². The Morgan fingerprint density at radius 2 is 1.95 bits per heavy atom. The Labute approximate surface area is 134 Å². The van der Waals surface area contributed by atoms with Crippen molar-refractivity contribution in [2.75, 3.05) is 6.61 Å². The second-order valence-corrected chi connectivity index (χ2v) is 5.51. The van der Waals surface area contributed by atoms with E-state index in [2.05, 4.69) is 6.92 Å². The summed E-state index contributed by atoms with van der Waals surface area (Å²) in [7, 11) is 0. The van der Waals surface area contributed by atoms with Crippen LogP contribution in [0.4, 0.5) is 4.39 Å². The first-order chi connectivity index (χ1) is 10.4. The van der Waals surface area contributed by atoms with Crippen LogP contribution < -0.4 is 4.74 Å². The molecule has 0 aliphatic rings. The largest absolute Gasteiger partial charge is 0.465 e. The highest BCUT2D eigenvalue weighted by Crippen LogP contribution is 2.27. The number of benzene rings is 1. The number of rotatable bonds is 8. The zero-order valence-corrected chi connectivity index (χ0v) is 13.5. The van der Waals surface area contributed by atoms with Gasteiger partial charge in [-0.05, 0) is 24.5 Å². The van der Waals surface area contributed by atoms with Crippen molar-refractivity contribution in [1.29, 1.82) is 0 Å². The van der Waals surface area contributed by atoms with Crippen molar-refractivity contribution in [1.82, 2.24) is 0 Å². The molecule has 1 aromatic carbocycles. The van der Waals surface area contributed by atoms with E-state index in [1.165, 1.54) is 12.1 Å². The minimum atomic E-state index is -0.731. The van der Waals surface area contributed by atoms with Crippen LogP contribution in [0, 0.1) is 11.7 Å². The molecule has 0 N–H and O–H groups in total. The Morgan fingerprint density at radius 3 is 2.59 bits per heavy atom. The van der Waals surface area contributed by atoms with E-state index in [0.717, 1.165) is 18.9 Å². The van der Waals surface area contributed by atoms with Crippen LogP contribution in [0.1, 0.15) is 39.5 Å². The van der Waals surface area contributed by atoms with Crippen molar-refractivity contribution < 1.29 is 23.5 Å². The predicted octanol–water partition coefficient (Wildman–Crippen LogP) is 4.14. The molecule has 22 heavy (non-hydrogen) atoms. The SMILES string of the molecule is CCCC(C)COC(=O)CCC(=O)Oc1c(F)cccc1Cl. The number of ether oxygens (including phenoxy) is 2. The van der Waals surface area contributed by atoms with Crippen molar-refractivity contribution in [3.63, 3.8) is 0 Å². The molecular formula is C16H20ClFO4. The summed E-state index contributed by atoms with van der Waals surface area (Å²) < 4.78 is 23.3. The Hall–Kier alpha value is -1.62. The maximum absolute atomic E-state index is 13.4. The normalized spacial score (nSPS) is 11.8. The van der Waals surface area contributed by atoms with Gasteiger partial charge in [0.25, 0.3) is 0 Å². The second kappa shape index (κ2) is 9.41. The summed E-state index contributed by atoms with van der Waals surface area (Å²) in [5.74, 6) is -1.96. The number of hydrogen-bond acceptors (Lipinski definition) is 4. The van der Waals surface area contributed by atoms with Crippen LogP contribution in [0.3, 0.4) is 0 Å². The lowest BCUT2D eigenvalue weighted by molar-refractivity contribution is -0.148. The van der Waals surface area contributed by atoms with E-state index >= 15 is 0 Å². The summed E-state index contributed by atoms with van der Waals surface area (Å²) in [5.41, 5.74) is 0. The molecule has 0 saturated carbocycles. The third-order valence-electron chi connectivity index (χ3n) is 2.98. The van der Waals surface area contributed by atoms with Crippen LogP contribution in [0.5, 0.6) is 5.75 Å². The zero-order valence-electron chi connectivity index (χ0n) is 12.7. The first kappa shape index (κ1) is 18.4. The Kier molecular flexibility index (Phi) is 7.88. The molecule has 4 nitrogen and oxygen atoms in total. The van der Waals surface area contributed by atoms with Crippen LogP contribution >= 0.6 is 11.6 Å². The van der Waals surface area contributed by atoms with Gasteiger partial charge in [0.2, 0.25) is 0 Å². The maximum atomic E-state index is 13.4. The molecule has 0 aliphatic heterocycles. The quantitative estimate of drug-likeness (QED) is 0.531. The molecule has 0 amide bonds. The lowest BCUT2D eigenvalue weighted by Gasteiger charge is -2.11. The molecule has 0 aromatic heterocycles. The first-order valence-electron chi connectivity index (χ1n) is 7.24. The van der Waals surface area contributed by atoms with Crippen molar-refractivity contribution in [3.05, 3.63) is 29.0 Å².